The van der Waals surface area contributed by atoms with Gasteiger partial charge < -0.3 is 20.7 Å². The van der Waals surface area contributed by atoms with Crippen LogP contribution in [0.3, 0.4) is 0 Å². The standard InChI is InChI=1S/C21H35NO.2C20H34N2O.C20H33NO2/c1-20(2,3)15-11-10-14-18(21(4,5)6)19(23)22-16-17-12-8-7-9-13-17;2*1-19(2,3)13-9-7-12-17(20(4,5)6)18(23)22-15-16-11-8-10-14-21-16;1-19(2,3)13-9-7-12-17(20(4,5)6)18(22)23-15-16-11-8-10-14-21-16/h7-9,12-13,18H,10-11,14-16H2,1-6H3,(H,22,23);2*8,10-11,14,17H,7,9,12-13,15H2,1-6H3,(H,22,23);8,10-11,14,17H,7,9,12-13,15H2,1-6H3. The second-order valence-corrected chi connectivity index (χ2v) is 35.1. The van der Waals surface area contributed by atoms with Gasteiger partial charge in [-0.1, -0.05) is 266 Å². The fourth-order valence-electron chi connectivity index (χ4n) is 11.0. The highest BCUT2D eigenvalue weighted by molar-refractivity contribution is 5.80. The van der Waals surface area contributed by atoms with Gasteiger partial charge in [-0.05, 0) is 137 Å². The number of hydrogen-bond acceptors (Lipinski definition) is 8. The molecule has 3 aromatic heterocycles. The summed E-state index contributed by atoms with van der Waals surface area (Å²) in [4.78, 5) is 63.1. The highest BCUT2D eigenvalue weighted by Crippen LogP contribution is 2.36. The Morgan fingerprint density at radius 2 is 0.609 bits per heavy atom. The Labute approximate surface area is 564 Å². The predicted molar refractivity (Wildman–Crippen MR) is 388 cm³/mol. The van der Waals surface area contributed by atoms with E-state index < -0.39 is 0 Å². The van der Waals surface area contributed by atoms with Crippen LogP contribution in [0.15, 0.2) is 104 Å². The van der Waals surface area contributed by atoms with Crippen LogP contribution in [0, 0.1) is 67.0 Å². The van der Waals surface area contributed by atoms with Crippen molar-refractivity contribution in [1.82, 2.24) is 30.9 Å². The number of carbonyl (C=O) groups is 4. The Hall–Kier alpha value is -5.45. The van der Waals surface area contributed by atoms with Crippen LogP contribution in [0.2, 0.25) is 0 Å². The van der Waals surface area contributed by atoms with Crippen LogP contribution >= 0.6 is 0 Å². The Morgan fingerprint density at radius 3 is 0.880 bits per heavy atom. The number of benzene rings is 1. The summed E-state index contributed by atoms with van der Waals surface area (Å²) in [5.74, 6) is 0.503. The molecule has 4 rings (SSSR count). The SMILES string of the molecule is CC(C)(C)CCCCC(C(=O)NCc1ccccc1)C(C)(C)C.CC(C)(C)CCCCC(C(=O)NCc1ccccn1)C(C)(C)C.CC(C)(C)CCCCC(C(=O)NCc1ccccn1)C(C)(C)C.CC(C)(C)CCCCC(C(=O)OCc1ccccn1)C(C)(C)C. The number of amides is 3. The number of esters is 1. The van der Waals surface area contributed by atoms with Crippen LogP contribution in [0.5, 0.6) is 0 Å². The van der Waals surface area contributed by atoms with Gasteiger partial charge >= 0.3 is 5.97 Å². The molecular weight excluding hydrogens is 1140 g/mol. The fraction of sp³-hybridized carbons (Fsp3) is 0.691. The van der Waals surface area contributed by atoms with Gasteiger partial charge in [-0.3, -0.25) is 34.1 Å². The Balaban J connectivity index is 0.000000613. The van der Waals surface area contributed by atoms with E-state index in [0.29, 0.717) is 41.3 Å². The molecule has 0 spiro atoms. The van der Waals surface area contributed by atoms with Crippen LogP contribution < -0.4 is 16.0 Å². The summed E-state index contributed by atoms with van der Waals surface area (Å²) in [6.07, 6.45) is 23.0. The third-order valence-electron chi connectivity index (χ3n) is 16.8. The molecule has 0 bridgehead atoms. The summed E-state index contributed by atoms with van der Waals surface area (Å²) < 4.78 is 5.51. The van der Waals surface area contributed by atoms with Gasteiger partial charge in [0.2, 0.25) is 17.7 Å². The van der Waals surface area contributed by atoms with Gasteiger partial charge in [0.25, 0.3) is 0 Å². The van der Waals surface area contributed by atoms with E-state index in [1.807, 2.05) is 72.8 Å². The molecular formula is C81H136N6O5. The van der Waals surface area contributed by atoms with Crippen LogP contribution in [-0.2, 0) is 50.2 Å². The highest BCUT2D eigenvalue weighted by Gasteiger charge is 2.35. The molecule has 0 radical (unpaired) electrons. The molecule has 3 amide bonds. The van der Waals surface area contributed by atoms with Crippen LogP contribution in [-0.4, -0.2) is 38.6 Å². The summed E-state index contributed by atoms with van der Waals surface area (Å²) in [5.41, 5.74) is 5.13. The summed E-state index contributed by atoms with van der Waals surface area (Å²) in [5, 5.41) is 9.25. The first kappa shape index (κ1) is 84.6. The van der Waals surface area contributed by atoms with Crippen LogP contribution in [0.1, 0.15) is 292 Å². The molecule has 0 aliphatic carbocycles. The average molecular weight is 1270 g/mol. The van der Waals surface area contributed by atoms with E-state index in [0.717, 1.165) is 80.4 Å². The minimum absolute atomic E-state index is 0.00248. The van der Waals surface area contributed by atoms with E-state index in [4.69, 9.17) is 4.74 Å². The lowest BCUT2D eigenvalue weighted by Gasteiger charge is -2.30. The second-order valence-electron chi connectivity index (χ2n) is 35.1. The smallest absolute Gasteiger partial charge is 0.309 e. The van der Waals surface area contributed by atoms with Gasteiger partial charge in [-0.2, -0.15) is 0 Å². The largest absolute Gasteiger partial charge is 0.459 e. The van der Waals surface area contributed by atoms with E-state index in [1.54, 1.807) is 18.6 Å². The number of unbranched alkanes of at least 4 members (excludes halogenated alkanes) is 4. The minimum Gasteiger partial charge on any atom is -0.459 e. The molecule has 0 aliphatic heterocycles. The third-order valence-corrected chi connectivity index (χ3v) is 16.8. The molecule has 11 nitrogen and oxygen atoms in total. The van der Waals surface area contributed by atoms with Crippen LogP contribution in [0.25, 0.3) is 0 Å². The number of aromatic nitrogens is 3. The van der Waals surface area contributed by atoms with Crippen molar-refractivity contribution < 1.29 is 23.9 Å². The number of hydrogen-bond donors (Lipinski definition) is 3. The lowest BCUT2D eigenvalue weighted by Crippen LogP contribution is -2.37. The number of ether oxygens (including phenoxy) is 1. The maximum absolute atomic E-state index is 12.6. The maximum atomic E-state index is 12.6. The maximum Gasteiger partial charge on any atom is 0.309 e. The summed E-state index contributed by atoms with van der Waals surface area (Å²) in [6, 6.07) is 27.3. The quantitative estimate of drug-likeness (QED) is 0.0375. The van der Waals surface area contributed by atoms with Gasteiger partial charge in [0.05, 0.1) is 36.1 Å². The van der Waals surface area contributed by atoms with Gasteiger partial charge in [-0.15, -0.1) is 0 Å². The lowest BCUT2D eigenvalue weighted by molar-refractivity contribution is -0.154. The molecule has 3 N–H and O–H groups in total. The Morgan fingerprint density at radius 1 is 0.337 bits per heavy atom. The molecule has 520 valence electrons. The van der Waals surface area contributed by atoms with Crippen molar-refractivity contribution in [2.45, 2.75) is 295 Å². The van der Waals surface area contributed by atoms with Gasteiger partial charge in [0.15, 0.2) is 0 Å². The number of rotatable bonds is 28. The summed E-state index contributed by atoms with van der Waals surface area (Å²) in [7, 11) is 0. The summed E-state index contributed by atoms with van der Waals surface area (Å²) in [6.45, 7) is 54.9. The first-order valence-electron chi connectivity index (χ1n) is 35.1. The Bertz CT molecular complexity index is 2240. The van der Waals surface area contributed by atoms with Gasteiger partial charge in [0.1, 0.15) is 6.61 Å². The van der Waals surface area contributed by atoms with E-state index >= 15 is 0 Å². The van der Waals surface area contributed by atoms with Gasteiger partial charge in [-0.25, -0.2) is 0 Å². The highest BCUT2D eigenvalue weighted by atomic mass is 16.5. The fourth-order valence-corrected chi connectivity index (χ4v) is 11.0. The van der Waals surface area contributed by atoms with E-state index in [-0.39, 0.29) is 75.6 Å². The zero-order valence-electron chi connectivity index (χ0n) is 63.1. The third kappa shape index (κ3) is 42.0. The number of nitrogens with one attached hydrogen (secondary N) is 3. The van der Waals surface area contributed by atoms with Crippen molar-refractivity contribution in [3.63, 3.8) is 0 Å². The van der Waals surface area contributed by atoms with Crippen molar-refractivity contribution in [3.05, 3.63) is 126 Å². The Kier molecular flexibility index (Phi) is 37.4. The molecule has 0 saturated heterocycles. The normalized spacial score (nSPS) is 13.7. The van der Waals surface area contributed by atoms with E-state index in [9.17, 15) is 19.2 Å². The zero-order valence-corrected chi connectivity index (χ0v) is 63.1. The molecule has 11 heteroatoms. The zero-order chi connectivity index (χ0) is 70.0. The van der Waals surface area contributed by atoms with Crippen molar-refractivity contribution in [1.29, 1.82) is 0 Å². The molecule has 4 unspecified atom stereocenters. The first-order chi connectivity index (χ1) is 42.4. The molecule has 0 fully saturated rings. The first-order valence-corrected chi connectivity index (χ1v) is 35.1. The van der Waals surface area contributed by atoms with Crippen molar-refractivity contribution in [2.24, 2.45) is 67.0 Å². The number of carbonyl (C=O) groups excluding carboxylic acids is 4. The van der Waals surface area contributed by atoms with Gasteiger partial charge in [0, 0.05) is 42.9 Å². The van der Waals surface area contributed by atoms with E-state index in [1.165, 1.54) is 44.9 Å². The monoisotopic (exact) mass is 1270 g/mol. The average Bonchev–Trinajstić information content (AvgIpc) is 0.935. The molecule has 0 saturated carbocycles. The molecule has 4 aromatic rings. The van der Waals surface area contributed by atoms with E-state index in [2.05, 4.69) is 209 Å². The number of nitrogens with zero attached hydrogens (tertiary/aromatic N) is 3. The molecule has 3 heterocycles. The summed E-state index contributed by atoms with van der Waals surface area (Å²) >= 11 is 0. The second kappa shape index (κ2) is 40.7. The molecule has 4 atom stereocenters. The van der Waals surface area contributed by atoms with Crippen LogP contribution in [0.4, 0.5) is 0 Å². The molecule has 0 aliphatic rings. The van der Waals surface area contributed by atoms with Crippen molar-refractivity contribution in [3.8, 4) is 0 Å². The van der Waals surface area contributed by atoms with Crippen molar-refractivity contribution >= 4 is 23.7 Å². The predicted octanol–water partition coefficient (Wildman–Crippen LogP) is 20.9. The van der Waals surface area contributed by atoms with Crippen molar-refractivity contribution in [2.75, 3.05) is 0 Å². The number of pyridine rings is 3. The lowest BCUT2D eigenvalue weighted by atomic mass is 9.76. The topological polar surface area (TPSA) is 152 Å². The molecule has 92 heavy (non-hydrogen) atoms. The minimum atomic E-state index is -0.0982. The molecule has 1 aromatic carbocycles.